The number of benzene rings is 2. The van der Waals surface area contributed by atoms with Gasteiger partial charge in [0.2, 0.25) is 0 Å². The van der Waals surface area contributed by atoms with Crippen LogP contribution in [0.4, 0.5) is 0 Å². The number of furan rings is 1. The predicted molar refractivity (Wildman–Crippen MR) is 137 cm³/mol. The third-order valence-electron chi connectivity index (χ3n) is 6.93. The van der Waals surface area contributed by atoms with Crippen LogP contribution in [-0.2, 0) is 6.54 Å². The van der Waals surface area contributed by atoms with Gasteiger partial charge in [-0.1, -0.05) is 11.6 Å². The van der Waals surface area contributed by atoms with Gasteiger partial charge in [-0.05, 0) is 74.0 Å². The smallest absolute Gasteiger partial charge is 0.266 e. The van der Waals surface area contributed by atoms with Gasteiger partial charge in [-0.25, -0.2) is 0 Å². The van der Waals surface area contributed by atoms with Crippen molar-refractivity contribution in [2.24, 2.45) is 0 Å². The van der Waals surface area contributed by atoms with E-state index in [1.54, 1.807) is 29.0 Å². The lowest BCUT2D eigenvalue weighted by Gasteiger charge is -2.22. The molecular weight excluding hydrogens is 464 g/mol. The molecule has 0 bridgehead atoms. The molecule has 6 rings (SSSR count). The van der Waals surface area contributed by atoms with E-state index >= 15 is 0 Å². The third kappa shape index (κ3) is 4.05. The monoisotopic (exact) mass is 488 g/mol. The molecule has 1 atom stereocenters. The van der Waals surface area contributed by atoms with Crippen LogP contribution in [0.15, 0.2) is 76.2 Å². The summed E-state index contributed by atoms with van der Waals surface area (Å²) in [6.07, 6.45) is 5.77. The quantitative estimate of drug-likeness (QED) is 0.374. The molecule has 1 N–H and O–H groups in total. The van der Waals surface area contributed by atoms with Crippen molar-refractivity contribution in [3.05, 3.63) is 82.4 Å². The molecule has 1 aliphatic rings. The average molecular weight is 489 g/mol. The number of halogens is 1. The number of fused-ring (bicyclic) bond motifs is 2. The van der Waals surface area contributed by atoms with E-state index in [0.717, 1.165) is 54.6 Å². The van der Waals surface area contributed by atoms with E-state index in [0.29, 0.717) is 21.8 Å². The molecule has 0 saturated carbocycles. The maximum absolute atomic E-state index is 13.3. The molecule has 0 amide bonds. The largest absolute Gasteiger partial charge is 0.456 e. The number of aliphatic hydroxyl groups is 1. The van der Waals surface area contributed by atoms with Crippen molar-refractivity contribution >= 4 is 33.5 Å². The Bertz CT molecular complexity index is 1570. The molecule has 35 heavy (non-hydrogen) atoms. The summed E-state index contributed by atoms with van der Waals surface area (Å²) in [5.74, 6) is 0.629. The van der Waals surface area contributed by atoms with E-state index in [4.69, 9.17) is 16.0 Å². The van der Waals surface area contributed by atoms with Gasteiger partial charge in [-0.15, -0.1) is 0 Å². The fourth-order valence-corrected chi connectivity index (χ4v) is 5.14. The number of pyridine rings is 1. The molecule has 8 heteroatoms. The van der Waals surface area contributed by atoms with Gasteiger partial charge in [0.25, 0.3) is 5.56 Å². The van der Waals surface area contributed by atoms with Crippen molar-refractivity contribution in [2.45, 2.75) is 25.4 Å². The van der Waals surface area contributed by atoms with Crippen LogP contribution in [0.2, 0.25) is 5.02 Å². The fraction of sp³-hybridized carbons (Fsp3) is 0.259. The van der Waals surface area contributed by atoms with Gasteiger partial charge in [-0.3, -0.25) is 18.9 Å². The van der Waals surface area contributed by atoms with E-state index < -0.39 is 0 Å². The predicted octanol–water partition coefficient (Wildman–Crippen LogP) is 4.71. The molecule has 0 radical (unpaired) electrons. The summed E-state index contributed by atoms with van der Waals surface area (Å²) in [4.78, 5) is 15.6. The molecule has 0 unspecified atom stereocenters. The Hall–Kier alpha value is -3.39. The first-order chi connectivity index (χ1) is 17.1. The molecule has 178 valence electrons. The topological polar surface area (TPSA) is 76.4 Å². The number of hydrogen-bond donors (Lipinski definition) is 1. The fourth-order valence-electron chi connectivity index (χ4n) is 5.02. The Balaban J connectivity index is 1.29. The first-order valence-corrected chi connectivity index (χ1v) is 12.2. The third-order valence-corrected chi connectivity index (χ3v) is 7.18. The number of rotatable bonds is 6. The highest BCUT2D eigenvalue weighted by Gasteiger charge is 2.23. The van der Waals surface area contributed by atoms with Gasteiger partial charge < -0.3 is 9.52 Å². The zero-order valence-electron chi connectivity index (χ0n) is 19.1. The number of aliphatic hydroxyl groups excluding tert-OH is 1. The minimum Gasteiger partial charge on any atom is -0.456 e. The molecule has 1 aliphatic heterocycles. The van der Waals surface area contributed by atoms with Crippen LogP contribution in [0.3, 0.4) is 0 Å². The van der Waals surface area contributed by atoms with Crippen LogP contribution in [0.1, 0.15) is 12.8 Å². The minimum absolute atomic E-state index is 0.137. The Morgan fingerprint density at radius 3 is 2.77 bits per heavy atom. The van der Waals surface area contributed by atoms with Gasteiger partial charge >= 0.3 is 0 Å². The first-order valence-electron chi connectivity index (χ1n) is 11.8. The van der Waals surface area contributed by atoms with E-state index in [1.165, 1.54) is 0 Å². The second-order valence-corrected chi connectivity index (χ2v) is 9.45. The molecule has 1 saturated heterocycles. The van der Waals surface area contributed by atoms with E-state index in [-0.39, 0.29) is 18.2 Å². The first kappa shape index (κ1) is 22.1. The lowest BCUT2D eigenvalue weighted by atomic mass is 10.1. The maximum Gasteiger partial charge on any atom is 0.266 e. The van der Waals surface area contributed by atoms with Crippen molar-refractivity contribution in [2.75, 3.05) is 19.7 Å². The highest BCUT2D eigenvalue weighted by Crippen LogP contribution is 2.28. The van der Waals surface area contributed by atoms with Crippen LogP contribution in [0, 0.1) is 0 Å². The summed E-state index contributed by atoms with van der Waals surface area (Å²) in [5.41, 5.74) is 3.08. The normalized spacial score (nSPS) is 16.6. The van der Waals surface area contributed by atoms with Crippen molar-refractivity contribution in [1.82, 2.24) is 19.2 Å². The Morgan fingerprint density at radius 1 is 1.09 bits per heavy atom. The van der Waals surface area contributed by atoms with E-state index in [9.17, 15) is 9.90 Å². The molecule has 1 fully saturated rings. The second kappa shape index (κ2) is 9.00. The number of hydrogen-bond acceptors (Lipinski definition) is 5. The summed E-state index contributed by atoms with van der Waals surface area (Å²) in [5, 5.41) is 16.3. The summed E-state index contributed by atoms with van der Waals surface area (Å²) >= 11 is 5.99. The average Bonchev–Trinajstić information content (AvgIpc) is 3.61. The zero-order valence-corrected chi connectivity index (χ0v) is 19.9. The van der Waals surface area contributed by atoms with Gasteiger partial charge in [0.15, 0.2) is 0 Å². The Labute approximate surface area is 206 Å². The summed E-state index contributed by atoms with van der Waals surface area (Å²) < 4.78 is 9.56. The summed E-state index contributed by atoms with van der Waals surface area (Å²) in [6.45, 7) is 2.85. The highest BCUT2D eigenvalue weighted by molar-refractivity contribution is 6.30. The van der Waals surface area contributed by atoms with Crippen molar-refractivity contribution in [3.63, 3.8) is 0 Å². The van der Waals surface area contributed by atoms with Gasteiger partial charge in [0.1, 0.15) is 11.3 Å². The standard InChI is InChI=1S/C27H25ClN4O3/c28-20-5-3-18(4-6-20)26-15-23-25(35-26)9-11-31(27(23)34)21-7-8-24-19(14-21)16-29-32(24)13-12-30-10-1-2-22(30)17-33/h3-9,11,14-16,22,33H,1-2,10,12-13,17H2/t22-/m1/s1. The van der Waals surface area contributed by atoms with Crippen LogP contribution in [0.25, 0.3) is 38.9 Å². The lowest BCUT2D eigenvalue weighted by molar-refractivity contribution is 0.154. The maximum atomic E-state index is 13.3. The Kier molecular flexibility index (Phi) is 5.68. The van der Waals surface area contributed by atoms with Crippen LogP contribution < -0.4 is 5.56 Å². The van der Waals surface area contributed by atoms with Gasteiger partial charge in [-0.2, -0.15) is 5.10 Å². The molecule has 3 aromatic heterocycles. The Morgan fingerprint density at radius 2 is 1.94 bits per heavy atom. The SMILES string of the molecule is O=c1c2cc(-c3ccc(Cl)cc3)oc2ccn1-c1ccc2c(cnn2CCN2CCC[C@@H]2CO)c1. The summed E-state index contributed by atoms with van der Waals surface area (Å²) in [7, 11) is 0. The number of likely N-dealkylation sites (tertiary alicyclic amines) is 1. The molecule has 5 aromatic rings. The lowest BCUT2D eigenvalue weighted by Crippen LogP contribution is -2.34. The van der Waals surface area contributed by atoms with Crippen molar-refractivity contribution in [1.29, 1.82) is 0 Å². The molecule has 7 nitrogen and oxygen atoms in total. The van der Waals surface area contributed by atoms with Crippen LogP contribution >= 0.6 is 11.6 Å². The van der Waals surface area contributed by atoms with Gasteiger partial charge in [0.05, 0.1) is 30.3 Å². The minimum atomic E-state index is -0.137. The number of nitrogens with zero attached hydrogens (tertiary/aromatic N) is 4. The molecule has 0 aliphatic carbocycles. The molecule has 2 aromatic carbocycles. The molecule has 4 heterocycles. The number of aromatic nitrogens is 3. The molecular formula is C27H25ClN4O3. The zero-order chi connectivity index (χ0) is 23.9. The van der Waals surface area contributed by atoms with Crippen LogP contribution in [0.5, 0.6) is 0 Å². The van der Waals surface area contributed by atoms with E-state index in [2.05, 4.69) is 10.00 Å². The highest BCUT2D eigenvalue weighted by atomic mass is 35.5. The summed E-state index contributed by atoms with van der Waals surface area (Å²) in [6, 6.07) is 17.1. The second-order valence-electron chi connectivity index (χ2n) is 9.01. The van der Waals surface area contributed by atoms with Gasteiger partial charge in [0, 0.05) is 40.4 Å². The van der Waals surface area contributed by atoms with E-state index in [1.807, 2.05) is 47.3 Å². The van der Waals surface area contributed by atoms with Crippen molar-refractivity contribution in [3.8, 4) is 17.0 Å². The van der Waals surface area contributed by atoms with Crippen molar-refractivity contribution < 1.29 is 9.52 Å². The molecule has 0 spiro atoms. The van der Waals surface area contributed by atoms with Crippen LogP contribution in [-0.4, -0.2) is 50.1 Å².